The number of rotatable bonds is 3. The Morgan fingerprint density at radius 1 is 1.20 bits per heavy atom. The maximum atomic E-state index is 13.2. The molecule has 1 aliphatic rings. The first-order valence-corrected chi connectivity index (χ1v) is 8.05. The number of fused-ring (bicyclic) bond motifs is 1. The Morgan fingerprint density at radius 3 is 2.64 bits per heavy atom. The number of aromatic nitrogens is 1. The van der Waals surface area contributed by atoms with E-state index in [0.717, 1.165) is 25.1 Å². The van der Waals surface area contributed by atoms with Crippen LogP contribution in [0, 0.1) is 5.21 Å². The Balaban J connectivity index is 2.07. The van der Waals surface area contributed by atoms with Crippen LogP contribution in [-0.4, -0.2) is 19.0 Å². The molecule has 1 atom stereocenters. The molecule has 136 valence electrons. The highest BCUT2D eigenvalue weighted by Crippen LogP contribution is 2.36. The van der Waals surface area contributed by atoms with Gasteiger partial charge in [-0.3, -0.25) is 0 Å². The van der Waals surface area contributed by atoms with Crippen molar-refractivity contribution in [1.29, 1.82) is 0 Å². The van der Waals surface area contributed by atoms with E-state index in [4.69, 9.17) is 0 Å². The molecule has 1 aromatic heterocycles. The van der Waals surface area contributed by atoms with Crippen LogP contribution >= 0.6 is 0 Å². The second-order valence-corrected chi connectivity index (χ2v) is 6.22. The SMILES string of the molecule is [O-][n+]1ccc(C(F)(F)F)c2cc(N3CCCCC3CC(F)F)ccc21. The summed E-state index contributed by atoms with van der Waals surface area (Å²) in [5.41, 5.74) is -0.561. The van der Waals surface area contributed by atoms with Gasteiger partial charge in [0.1, 0.15) is 0 Å². The second-order valence-electron chi connectivity index (χ2n) is 6.22. The first-order valence-electron chi connectivity index (χ1n) is 8.05. The normalized spacial score (nSPS) is 19.0. The number of piperidine rings is 1. The van der Waals surface area contributed by atoms with E-state index < -0.39 is 24.2 Å². The summed E-state index contributed by atoms with van der Waals surface area (Å²) in [4.78, 5) is 1.73. The van der Waals surface area contributed by atoms with Gasteiger partial charge >= 0.3 is 6.18 Å². The summed E-state index contributed by atoms with van der Waals surface area (Å²) in [7, 11) is 0. The van der Waals surface area contributed by atoms with Gasteiger partial charge in [0.05, 0.1) is 10.9 Å². The van der Waals surface area contributed by atoms with Crippen molar-refractivity contribution < 1.29 is 26.7 Å². The van der Waals surface area contributed by atoms with Crippen LogP contribution in [0.5, 0.6) is 0 Å². The van der Waals surface area contributed by atoms with E-state index in [1.807, 2.05) is 0 Å². The van der Waals surface area contributed by atoms with Gasteiger partial charge in [0.25, 0.3) is 0 Å². The van der Waals surface area contributed by atoms with Crippen LogP contribution in [0.1, 0.15) is 31.2 Å². The quantitative estimate of drug-likeness (QED) is 0.458. The largest absolute Gasteiger partial charge is 0.618 e. The van der Waals surface area contributed by atoms with Gasteiger partial charge in [-0.1, -0.05) is 0 Å². The van der Waals surface area contributed by atoms with Crippen LogP contribution < -0.4 is 9.63 Å². The fourth-order valence-corrected chi connectivity index (χ4v) is 3.46. The summed E-state index contributed by atoms with van der Waals surface area (Å²) in [5.74, 6) is 0. The molecule has 1 aromatic carbocycles. The molecular formula is C17H17F5N2O. The lowest BCUT2D eigenvalue weighted by atomic mass is 9.98. The standard InChI is InChI=1S/C17H17F5N2O/c18-16(19)10-11-3-1-2-7-23(11)12-4-5-15-13(9-12)14(17(20,21)22)6-8-24(15)25/h4-6,8-9,11,16H,1-3,7,10H2. The van der Waals surface area contributed by atoms with Gasteiger partial charge in [-0.05, 0) is 31.4 Å². The lowest BCUT2D eigenvalue weighted by Crippen LogP contribution is -2.40. The van der Waals surface area contributed by atoms with Crippen molar-refractivity contribution in [3.63, 3.8) is 0 Å². The van der Waals surface area contributed by atoms with Crippen molar-refractivity contribution in [3.8, 4) is 0 Å². The summed E-state index contributed by atoms with van der Waals surface area (Å²) in [6.45, 7) is 0.508. The monoisotopic (exact) mass is 360 g/mol. The van der Waals surface area contributed by atoms with E-state index in [-0.39, 0.29) is 17.3 Å². The van der Waals surface area contributed by atoms with E-state index in [1.54, 1.807) is 4.90 Å². The van der Waals surface area contributed by atoms with Gasteiger partial charge in [-0.15, -0.1) is 0 Å². The molecule has 0 bridgehead atoms. The maximum absolute atomic E-state index is 13.2. The lowest BCUT2D eigenvalue weighted by Gasteiger charge is -2.37. The Hall–Kier alpha value is -2.12. The zero-order chi connectivity index (χ0) is 18.2. The number of pyridine rings is 1. The van der Waals surface area contributed by atoms with Gasteiger partial charge in [-0.25, -0.2) is 8.78 Å². The summed E-state index contributed by atoms with van der Waals surface area (Å²) < 4.78 is 65.7. The van der Waals surface area contributed by atoms with E-state index in [2.05, 4.69) is 0 Å². The number of halogens is 5. The van der Waals surface area contributed by atoms with Crippen molar-refractivity contribution in [3.05, 3.63) is 41.2 Å². The Labute approximate surface area is 141 Å². The van der Waals surface area contributed by atoms with Gasteiger partial charge in [0.2, 0.25) is 11.9 Å². The summed E-state index contributed by atoms with van der Waals surface area (Å²) in [5, 5.41) is 11.6. The van der Waals surface area contributed by atoms with Gasteiger partial charge in [0, 0.05) is 36.8 Å². The number of anilines is 1. The van der Waals surface area contributed by atoms with Crippen LogP contribution in [-0.2, 0) is 6.18 Å². The minimum absolute atomic E-state index is 0.0963. The van der Waals surface area contributed by atoms with Crippen LogP contribution in [0.2, 0.25) is 0 Å². The first-order chi connectivity index (χ1) is 11.8. The minimum Gasteiger partial charge on any atom is -0.618 e. The highest BCUT2D eigenvalue weighted by atomic mass is 19.4. The van der Waals surface area contributed by atoms with Gasteiger partial charge in [-0.2, -0.15) is 17.9 Å². The molecule has 1 fully saturated rings. The van der Waals surface area contributed by atoms with E-state index >= 15 is 0 Å². The first kappa shape index (κ1) is 17.7. The Morgan fingerprint density at radius 2 is 1.96 bits per heavy atom. The number of hydrogen-bond donors (Lipinski definition) is 0. The predicted molar refractivity (Wildman–Crippen MR) is 83.5 cm³/mol. The van der Waals surface area contributed by atoms with Crippen LogP contribution in [0.15, 0.2) is 30.5 Å². The van der Waals surface area contributed by atoms with Crippen LogP contribution in [0.3, 0.4) is 0 Å². The number of hydrogen-bond acceptors (Lipinski definition) is 2. The fraction of sp³-hybridized carbons (Fsp3) is 0.471. The van der Waals surface area contributed by atoms with Gasteiger partial charge in [0.15, 0.2) is 6.20 Å². The summed E-state index contributed by atoms with van der Waals surface area (Å²) >= 11 is 0. The molecule has 0 N–H and O–H groups in total. The van der Waals surface area contributed by atoms with Crippen molar-refractivity contribution >= 4 is 16.6 Å². The molecule has 3 nitrogen and oxygen atoms in total. The molecule has 0 amide bonds. The van der Waals surface area contributed by atoms with Crippen molar-refractivity contribution in [1.82, 2.24) is 0 Å². The predicted octanol–water partition coefficient (Wildman–Crippen LogP) is 4.51. The molecule has 2 aromatic rings. The third-order valence-electron chi connectivity index (χ3n) is 4.60. The topological polar surface area (TPSA) is 30.2 Å². The van der Waals surface area contributed by atoms with E-state index in [1.165, 1.54) is 18.2 Å². The molecule has 0 spiro atoms. The number of nitrogens with zero attached hydrogens (tertiary/aromatic N) is 2. The molecule has 1 unspecified atom stereocenters. The summed E-state index contributed by atoms with van der Waals surface area (Å²) in [6, 6.07) is 4.47. The third kappa shape index (κ3) is 3.62. The highest BCUT2D eigenvalue weighted by molar-refractivity contribution is 5.84. The summed E-state index contributed by atoms with van der Waals surface area (Å²) in [6.07, 6.45) is -4.39. The van der Waals surface area contributed by atoms with Crippen molar-refractivity contribution in [2.75, 3.05) is 11.4 Å². The molecule has 2 heterocycles. The molecule has 1 saturated heterocycles. The molecule has 0 radical (unpaired) electrons. The average Bonchev–Trinajstić information content (AvgIpc) is 2.53. The second kappa shape index (κ2) is 6.65. The molecular weight excluding hydrogens is 343 g/mol. The van der Waals surface area contributed by atoms with Crippen molar-refractivity contribution in [2.24, 2.45) is 0 Å². The Bertz CT molecular complexity index is 763. The van der Waals surface area contributed by atoms with Crippen LogP contribution in [0.4, 0.5) is 27.6 Å². The number of alkyl halides is 5. The number of benzene rings is 1. The van der Waals surface area contributed by atoms with Crippen molar-refractivity contribution in [2.45, 2.75) is 44.3 Å². The maximum Gasteiger partial charge on any atom is 0.417 e. The smallest absolute Gasteiger partial charge is 0.417 e. The van der Waals surface area contributed by atoms with Gasteiger partial charge < -0.3 is 10.1 Å². The molecule has 0 aliphatic carbocycles. The van der Waals surface area contributed by atoms with E-state index in [0.29, 0.717) is 23.4 Å². The molecule has 0 saturated carbocycles. The Kier molecular flexibility index (Phi) is 4.71. The lowest BCUT2D eigenvalue weighted by molar-refractivity contribution is -0.577. The zero-order valence-electron chi connectivity index (χ0n) is 13.3. The minimum atomic E-state index is -4.60. The van der Waals surface area contributed by atoms with E-state index in [9.17, 15) is 27.2 Å². The molecule has 3 rings (SSSR count). The molecule has 25 heavy (non-hydrogen) atoms. The third-order valence-corrected chi connectivity index (χ3v) is 4.60. The highest BCUT2D eigenvalue weighted by Gasteiger charge is 2.35. The fourth-order valence-electron chi connectivity index (χ4n) is 3.46. The molecule has 1 aliphatic heterocycles. The molecule has 8 heteroatoms. The van der Waals surface area contributed by atoms with Crippen LogP contribution in [0.25, 0.3) is 10.9 Å². The average molecular weight is 360 g/mol. The zero-order valence-corrected chi connectivity index (χ0v) is 13.3.